The van der Waals surface area contributed by atoms with Crippen molar-refractivity contribution in [3.05, 3.63) is 48.2 Å². The molecule has 1 amide bonds. The van der Waals surface area contributed by atoms with Crippen molar-refractivity contribution < 1.29 is 22.4 Å². The predicted molar refractivity (Wildman–Crippen MR) is 98.8 cm³/mol. The van der Waals surface area contributed by atoms with Gasteiger partial charge in [-0.05, 0) is 30.7 Å². The number of furan rings is 1. The van der Waals surface area contributed by atoms with E-state index < -0.39 is 17.6 Å². The van der Waals surface area contributed by atoms with Crippen LogP contribution >= 0.6 is 11.8 Å². The minimum atomic E-state index is -4.55. The molecule has 0 saturated heterocycles. The first-order chi connectivity index (χ1) is 13.4. The molecule has 0 radical (unpaired) electrons. The van der Waals surface area contributed by atoms with Gasteiger partial charge in [-0.15, -0.1) is 10.2 Å². The number of hydrogen-bond donors (Lipinski definition) is 1. The van der Waals surface area contributed by atoms with E-state index in [1.807, 2.05) is 11.5 Å². The molecule has 1 aromatic carbocycles. The monoisotopic (exact) mass is 410 g/mol. The van der Waals surface area contributed by atoms with Crippen LogP contribution in [0.15, 0.2) is 52.2 Å². The Morgan fingerprint density at radius 3 is 2.68 bits per heavy atom. The van der Waals surface area contributed by atoms with E-state index in [-0.39, 0.29) is 11.4 Å². The van der Waals surface area contributed by atoms with Gasteiger partial charge in [0, 0.05) is 6.54 Å². The summed E-state index contributed by atoms with van der Waals surface area (Å²) in [7, 11) is 0. The zero-order valence-corrected chi connectivity index (χ0v) is 15.7. The summed E-state index contributed by atoms with van der Waals surface area (Å²) in [5, 5.41) is 11.0. The molecule has 0 saturated carbocycles. The summed E-state index contributed by atoms with van der Waals surface area (Å²) in [5.74, 6) is 0.424. The molecule has 28 heavy (non-hydrogen) atoms. The zero-order chi connectivity index (χ0) is 20.1. The Labute approximate surface area is 163 Å². The van der Waals surface area contributed by atoms with Gasteiger partial charge in [-0.2, -0.15) is 13.2 Å². The standard InChI is InChI=1S/C18H17F3N4O2S/c1-2-9-25-16(14-8-5-10-27-14)23-24-17(25)28-11-15(26)22-13-7-4-3-6-12(13)18(19,20)21/h3-8,10H,2,9,11H2,1H3,(H,22,26). The molecule has 0 spiro atoms. The van der Waals surface area contributed by atoms with Crippen molar-refractivity contribution in [3.8, 4) is 11.6 Å². The van der Waals surface area contributed by atoms with Gasteiger partial charge < -0.3 is 9.73 Å². The quantitative estimate of drug-likeness (QED) is 0.572. The molecular weight excluding hydrogens is 393 g/mol. The number of benzene rings is 1. The van der Waals surface area contributed by atoms with Crippen molar-refractivity contribution >= 4 is 23.4 Å². The van der Waals surface area contributed by atoms with E-state index in [1.54, 1.807) is 12.1 Å². The van der Waals surface area contributed by atoms with Crippen LogP contribution in [0.25, 0.3) is 11.6 Å². The van der Waals surface area contributed by atoms with Gasteiger partial charge in [0.25, 0.3) is 0 Å². The third kappa shape index (κ3) is 4.56. The highest BCUT2D eigenvalue weighted by molar-refractivity contribution is 7.99. The maximum atomic E-state index is 13.0. The minimum absolute atomic E-state index is 0.105. The number of carbonyl (C=O) groups is 1. The summed E-state index contributed by atoms with van der Waals surface area (Å²) in [4.78, 5) is 12.2. The van der Waals surface area contributed by atoms with Gasteiger partial charge in [0.1, 0.15) is 0 Å². The van der Waals surface area contributed by atoms with E-state index in [9.17, 15) is 18.0 Å². The molecular formula is C18H17F3N4O2S. The lowest BCUT2D eigenvalue weighted by Gasteiger charge is -2.13. The summed E-state index contributed by atoms with van der Waals surface area (Å²) in [6.07, 6.45) is -2.21. The Hall–Kier alpha value is -2.75. The molecule has 0 atom stereocenters. The number of anilines is 1. The van der Waals surface area contributed by atoms with E-state index in [0.717, 1.165) is 24.2 Å². The third-order valence-electron chi connectivity index (χ3n) is 3.74. The Balaban J connectivity index is 1.71. The zero-order valence-electron chi connectivity index (χ0n) is 14.9. The third-order valence-corrected chi connectivity index (χ3v) is 4.71. The summed E-state index contributed by atoms with van der Waals surface area (Å²) in [5.41, 5.74) is -1.16. The number of halogens is 3. The first kappa shape index (κ1) is 20.0. The molecule has 0 fully saturated rings. The lowest BCUT2D eigenvalue weighted by molar-refractivity contribution is -0.137. The van der Waals surface area contributed by atoms with Gasteiger partial charge in [-0.25, -0.2) is 0 Å². The highest BCUT2D eigenvalue weighted by Crippen LogP contribution is 2.34. The van der Waals surface area contributed by atoms with E-state index in [0.29, 0.717) is 23.3 Å². The van der Waals surface area contributed by atoms with Crippen LogP contribution in [0.3, 0.4) is 0 Å². The fourth-order valence-electron chi connectivity index (χ4n) is 2.56. The van der Waals surface area contributed by atoms with Crippen LogP contribution in [-0.2, 0) is 17.5 Å². The lowest BCUT2D eigenvalue weighted by Crippen LogP contribution is -2.18. The van der Waals surface area contributed by atoms with Crippen LogP contribution < -0.4 is 5.32 Å². The Morgan fingerprint density at radius 2 is 2.00 bits per heavy atom. The molecule has 0 aliphatic carbocycles. The first-order valence-corrected chi connectivity index (χ1v) is 9.44. The molecule has 2 heterocycles. The second-order valence-electron chi connectivity index (χ2n) is 5.82. The average Bonchev–Trinajstić information content (AvgIpc) is 3.29. The van der Waals surface area contributed by atoms with Gasteiger partial charge >= 0.3 is 6.18 Å². The number of thioether (sulfide) groups is 1. The molecule has 10 heteroatoms. The normalized spacial score (nSPS) is 11.6. The maximum Gasteiger partial charge on any atom is 0.418 e. The highest BCUT2D eigenvalue weighted by atomic mass is 32.2. The molecule has 2 aromatic heterocycles. The number of amides is 1. The van der Waals surface area contributed by atoms with Crippen molar-refractivity contribution in [1.82, 2.24) is 14.8 Å². The molecule has 148 valence electrons. The lowest BCUT2D eigenvalue weighted by atomic mass is 10.1. The SMILES string of the molecule is CCCn1c(SCC(=O)Nc2ccccc2C(F)(F)F)nnc1-c1ccco1. The van der Waals surface area contributed by atoms with E-state index in [2.05, 4.69) is 15.5 Å². The second kappa shape index (κ2) is 8.51. The van der Waals surface area contributed by atoms with Crippen molar-refractivity contribution in [3.63, 3.8) is 0 Å². The molecule has 3 rings (SSSR count). The number of alkyl halides is 3. The summed E-state index contributed by atoms with van der Waals surface area (Å²) in [6, 6.07) is 8.35. The van der Waals surface area contributed by atoms with E-state index >= 15 is 0 Å². The molecule has 0 aliphatic rings. The number of aromatic nitrogens is 3. The van der Waals surface area contributed by atoms with Crippen LogP contribution in [0, 0.1) is 0 Å². The Morgan fingerprint density at radius 1 is 1.21 bits per heavy atom. The Bertz CT molecular complexity index is 939. The first-order valence-electron chi connectivity index (χ1n) is 8.46. The molecule has 1 N–H and O–H groups in total. The summed E-state index contributed by atoms with van der Waals surface area (Å²) < 4.78 is 46.3. The number of para-hydroxylation sites is 1. The smallest absolute Gasteiger partial charge is 0.418 e. The predicted octanol–water partition coefficient (Wildman–Crippen LogP) is 4.70. The molecule has 0 unspecified atom stereocenters. The number of nitrogens with zero attached hydrogens (tertiary/aromatic N) is 3. The van der Waals surface area contributed by atoms with E-state index in [4.69, 9.17) is 4.42 Å². The van der Waals surface area contributed by atoms with E-state index in [1.165, 1.54) is 24.5 Å². The van der Waals surface area contributed by atoms with Crippen molar-refractivity contribution in [2.24, 2.45) is 0 Å². The van der Waals surface area contributed by atoms with Gasteiger partial charge in [0.05, 0.1) is 23.3 Å². The molecule has 0 aliphatic heterocycles. The number of carbonyl (C=O) groups excluding carboxylic acids is 1. The molecule has 3 aromatic rings. The van der Waals surface area contributed by atoms with Gasteiger partial charge in [-0.1, -0.05) is 30.8 Å². The van der Waals surface area contributed by atoms with Crippen LogP contribution in [0.1, 0.15) is 18.9 Å². The second-order valence-corrected chi connectivity index (χ2v) is 6.76. The van der Waals surface area contributed by atoms with Gasteiger partial charge in [0.15, 0.2) is 16.7 Å². The number of rotatable bonds is 7. The topological polar surface area (TPSA) is 73.0 Å². The molecule has 6 nitrogen and oxygen atoms in total. The van der Waals surface area contributed by atoms with Gasteiger partial charge in [0.2, 0.25) is 5.91 Å². The summed E-state index contributed by atoms with van der Waals surface area (Å²) in [6.45, 7) is 2.60. The number of nitrogens with one attached hydrogen (secondary N) is 1. The Kier molecular flexibility index (Phi) is 6.08. The fourth-order valence-corrected chi connectivity index (χ4v) is 3.33. The average molecular weight is 410 g/mol. The largest absolute Gasteiger partial charge is 0.461 e. The van der Waals surface area contributed by atoms with Crippen LogP contribution in [-0.4, -0.2) is 26.4 Å². The van der Waals surface area contributed by atoms with Crippen molar-refractivity contribution in [2.45, 2.75) is 31.2 Å². The molecule has 0 bridgehead atoms. The van der Waals surface area contributed by atoms with Crippen LogP contribution in [0.5, 0.6) is 0 Å². The minimum Gasteiger partial charge on any atom is -0.461 e. The number of hydrogen-bond acceptors (Lipinski definition) is 5. The summed E-state index contributed by atoms with van der Waals surface area (Å²) >= 11 is 1.10. The van der Waals surface area contributed by atoms with Crippen LogP contribution in [0.4, 0.5) is 18.9 Å². The maximum absolute atomic E-state index is 13.0. The fraction of sp³-hybridized carbons (Fsp3) is 0.278. The van der Waals surface area contributed by atoms with Gasteiger partial charge in [-0.3, -0.25) is 9.36 Å². The van der Waals surface area contributed by atoms with Crippen molar-refractivity contribution in [2.75, 3.05) is 11.1 Å². The van der Waals surface area contributed by atoms with Crippen LogP contribution in [0.2, 0.25) is 0 Å². The highest BCUT2D eigenvalue weighted by Gasteiger charge is 2.33. The van der Waals surface area contributed by atoms with Crippen molar-refractivity contribution in [1.29, 1.82) is 0 Å².